The summed E-state index contributed by atoms with van der Waals surface area (Å²) in [6.45, 7) is 3.84. The summed E-state index contributed by atoms with van der Waals surface area (Å²) in [5.41, 5.74) is 1.23. The van der Waals surface area contributed by atoms with E-state index in [0.717, 1.165) is 16.6 Å². The number of hydrogen-bond acceptors (Lipinski definition) is 4. The minimum Gasteiger partial charge on any atom is -0.492 e. The lowest BCUT2D eigenvalue weighted by molar-refractivity contribution is 0.102. The van der Waals surface area contributed by atoms with Crippen molar-refractivity contribution in [2.45, 2.75) is 32.6 Å². The number of carbonyl (C=O) groups excluding carboxylic acids is 1. The van der Waals surface area contributed by atoms with E-state index in [1.54, 1.807) is 25.3 Å². The number of halogens is 1. The summed E-state index contributed by atoms with van der Waals surface area (Å²) in [5.74, 6) is 1.24. The Morgan fingerprint density at radius 3 is 2.61 bits per heavy atom. The Balaban J connectivity index is 1.91. The third-order valence-electron chi connectivity index (χ3n) is 4.10. The maximum atomic E-state index is 12.5. The van der Waals surface area contributed by atoms with Crippen LogP contribution in [0.2, 0.25) is 0 Å². The maximum absolute atomic E-state index is 12.5. The average molecular weight is 450 g/mol. The number of hydrogen-bond donors (Lipinski definition) is 1. The standard InChI is InChI=1S/C22H28BrNO4/c1-3-4-5-6-12-28-21-11-10-17(15-20(21)23)22(25)24-18-8-7-9-19(16-18)27-14-13-26-2/h7-11,15-16H,3-6,12-14H2,1-2H3,(H,24,25). The van der Waals surface area contributed by atoms with E-state index in [9.17, 15) is 4.79 Å². The fraction of sp³-hybridized carbons (Fsp3) is 0.409. The highest BCUT2D eigenvalue weighted by atomic mass is 79.9. The molecule has 2 aromatic rings. The van der Waals surface area contributed by atoms with E-state index < -0.39 is 0 Å². The van der Waals surface area contributed by atoms with Crippen molar-refractivity contribution in [3.05, 3.63) is 52.5 Å². The van der Waals surface area contributed by atoms with Crippen molar-refractivity contribution in [2.24, 2.45) is 0 Å². The second-order valence-electron chi connectivity index (χ2n) is 6.38. The molecular weight excluding hydrogens is 422 g/mol. The molecule has 0 unspecified atom stereocenters. The minimum atomic E-state index is -0.191. The molecule has 0 saturated heterocycles. The molecule has 152 valence electrons. The van der Waals surface area contributed by atoms with Crippen molar-refractivity contribution in [3.8, 4) is 11.5 Å². The Morgan fingerprint density at radius 1 is 1.00 bits per heavy atom. The number of unbranched alkanes of at least 4 members (excludes halogenated alkanes) is 3. The van der Waals surface area contributed by atoms with Gasteiger partial charge in [-0.2, -0.15) is 0 Å². The Bertz CT molecular complexity index is 751. The lowest BCUT2D eigenvalue weighted by atomic mass is 10.2. The van der Waals surface area contributed by atoms with Gasteiger partial charge in [-0.3, -0.25) is 4.79 Å². The third kappa shape index (κ3) is 7.52. The molecule has 0 bridgehead atoms. The van der Waals surface area contributed by atoms with E-state index in [1.807, 2.05) is 24.3 Å². The molecule has 1 N–H and O–H groups in total. The summed E-state index contributed by atoms with van der Waals surface area (Å²) >= 11 is 3.49. The van der Waals surface area contributed by atoms with Gasteiger partial charge in [-0.05, 0) is 52.7 Å². The summed E-state index contributed by atoms with van der Waals surface area (Å²) in [4.78, 5) is 12.5. The average Bonchev–Trinajstić information content (AvgIpc) is 2.69. The van der Waals surface area contributed by atoms with Gasteiger partial charge in [0.1, 0.15) is 18.1 Å². The summed E-state index contributed by atoms with van der Waals surface area (Å²) < 4.78 is 17.1. The maximum Gasteiger partial charge on any atom is 0.255 e. The summed E-state index contributed by atoms with van der Waals surface area (Å²) in [6.07, 6.45) is 4.63. The number of benzene rings is 2. The van der Waals surface area contributed by atoms with Gasteiger partial charge in [0, 0.05) is 24.4 Å². The SMILES string of the molecule is CCCCCCOc1ccc(C(=O)Nc2cccc(OCCOC)c2)cc1Br. The topological polar surface area (TPSA) is 56.8 Å². The van der Waals surface area contributed by atoms with Crippen LogP contribution in [0.1, 0.15) is 43.0 Å². The van der Waals surface area contributed by atoms with Gasteiger partial charge in [0.05, 0.1) is 17.7 Å². The predicted molar refractivity (Wildman–Crippen MR) is 116 cm³/mol. The van der Waals surface area contributed by atoms with E-state index in [4.69, 9.17) is 14.2 Å². The summed E-state index contributed by atoms with van der Waals surface area (Å²) in [7, 11) is 1.63. The predicted octanol–water partition coefficient (Wildman–Crippen LogP) is 5.69. The van der Waals surface area contributed by atoms with Crippen molar-refractivity contribution in [1.82, 2.24) is 0 Å². The molecule has 1 amide bonds. The van der Waals surface area contributed by atoms with Crippen molar-refractivity contribution >= 4 is 27.5 Å². The van der Waals surface area contributed by atoms with E-state index in [2.05, 4.69) is 28.2 Å². The van der Waals surface area contributed by atoms with Gasteiger partial charge in [-0.25, -0.2) is 0 Å². The third-order valence-corrected chi connectivity index (χ3v) is 4.72. The fourth-order valence-electron chi connectivity index (χ4n) is 2.58. The first-order valence-corrected chi connectivity index (χ1v) is 10.4. The number of rotatable bonds is 12. The number of nitrogens with one attached hydrogen (secondary N) is 1. The second-order valence-corrected chi connectivity index (χ2v) is 7.23. The quantitative estimate of drug-likeness (QED) is 0.423. The Morgan fingerprint density at radius 2 is 1.86 bits per heavy atom. The molecule has 0 radical (unpaired) electrons. The molecule has 0 saturated carbocycles. The van der Waals surface area contributed by atoms with Crippen LogP contribution in [-0.2, 0) is 4.74 Å². The molecule has 5 nitrogen and oxygen atoms in total. The van der Waals surface area contributed by atoms with Crippen LogP contribution in [-0.4, -0.2) is 32.8 Å². The zero-order valence-electron chi connectivity index (χ0n) is 16.5. The van der Waals surface area contributed by atoms with E-state index in [0.29, 0.717) is 36.8 Å². The summed E-state index contributed by atoms with van der Waals surface area (Å²) in [5, 5.41) is 2.89. The number of amides is 1. The molecule has 0 aliphatic heterocycles. The molecule has 6 heteroatoms. The number of anilines is 1. The van der Waals surface area contributed by atoms with Crippen LogP contribution >= 0.6 is 15.9 Å². The molecule has 0 spiro atoms. The highest BCUT2D eigenvalue weighted by molar-refractivity contribution is 9.10. The molecule has 0 aliphatic carbocycles. The Kier molecular flexibility index (Phi) is 9.86. The van der Waals surface area contributed by atoms with E-state index in [-0.39, 0.29) is 5.91 Å². The first-order valence-electron chi connectivity index (χ1n) is 9.59. The van der Waals surface area contributed by atoms with Crippen LogP contribution in [0.15, 0.2) is 46.9 Å². The second kappa shape index (κ2) is 12.4. The van der Waals surface area contributed by atoms with Gasteiger partial charge in [0.25, 0.3) is 5.91 Å². The van der Waals surface area contributed by atoms with Gasteiger partial charge in [-0.1, -0.05) is 32.3 Å². The molecule has 2 aromatic carbocycles. The van der Waals surface area contributed by atoms with Crippen LogP contribution in [0, 0.1) is 0 Å². The van der Waals surface area contributed by atoms with Gasteiger partial charge in [0.2, 0.25) is 0 Å². The molecule has 0 fully saturated rings. The zero-order valence-corrected chi connectivity index (χ0v) is 18.1. The largest absolute Gasteiger partial charge is 0.492 e. The van der Waals surface area contributed by atoms with Crippen LogP contribution in [0.4, 0.5) is 5.69 Å². The van der Waals surface area contributed by atoms with Crippen LogP contribution in [0.25, 0.3) is 0 Å². The van der Waals surface area contributed by atoms with Gasteiger partial charge >= 0.3 is 0 Å². The van der Waals surface area contributed by atoms with Crippen molar-refractivity contribution in [3.63, 3.8) is 0 Å². The van der Waals surface area contributed by atoms with E-state index >= 15 is 0 Å². The van der Waals surface area contributed by atoms with Crippen LogP contribution < -0.4 is 14.8 Å². The molecule has 2 rings (SSSR count). The Hall–Kier alpha value is -2.05. The fourth-order valence-corrected chi connectivity index (χ4v) is 3.07. The van der Waals surface area contributed by atoms with Crippen molar-refractivity contribution in [2.75, 3.05) is 32.2 Å². The smallest absolute Gasteiger partial charge is 0.255 e. The minimum absolute atomic E-state index is 0.191. The van der Waals surface area contributed by atoms with Crippen molar-refractivity contribution < 1.29 is 19.0 Å². The highest BCUT2D eigenvalue weighted by Crippen LogP contribution is 2.27. The first-order chi connectivity index (χ1) is 13.6. The number of ether oxygens (including phenoxy) is 3. The van der Waals surface area contributed by atoms with E-state index in [1.165, 1.54) is 19.3 Å². The molecule has 0 heterocycles. The highest BCUT2D eigenvalue weighted by Gasteiger charge is 2.10. The lowest BCUT2D eigenvalue weighted by Gasteiger charge is -2.11. The molecule has 28 heavy (non-hydrogen) atoms. The van der Waals surface area contributed by atoms with Crippen LogP contribution in [0.5, 0.6) is 11.5 Å². The number of carbonyl (C=O) groups is 1. The molecule has 0 aliphatic rings. The summed E-state index contributed by atoms with van der Waals surface area (Å²) in [6, 6.07) is 12.6. The normalized spacial score (nSPS) is 10.5. The first kappa shape index (κ1) is 22.2. The van der Waals surface area contributed by atoms with Gasteiger partial charge < -0.3 is 19.5 Å². The van der Waals surface area contributed by atoms with Gasteiger partial charge in [0.15, 0.2) is 0 Å². The number of methoxy groups -OCH3 is 1. The van der Waals surface area contributed by atoms with Crippen LogP contribution in [0.3, 0.4) is 0 Å². The zero-order chi connectivity index (χ0) is 20.2. The molecule has 0 aromatic heterocycles. The lowest BCUT2D eigenvalue weighted by Crippen LogP contribution is -2.12. The van der Waals surface area contributed by atoms with Crippen molar-refractivity contribution in [1.29, 1.82) is 0 Å². The van der Waals surface area contributed by atoms with Gasteiger partial charge in [-0.15, -0.1) is 0 Å². The Labute approximate surface area is 175 Å². The molecular formula is C22H28BrNO4. The molecule has 0 atom stereocenters. The monoisotopic (exact) mass is 449 g/mol.